The molecule has 0 aliphatic carbocycles. The number of anilines is 2. The number of aryl methyl sites for hydroxylation is 1. The Morgan fingerprint density at radius 3 is 2.27 bits per heavy atom. The van der Waals surface area contributed by atoms with E-state index in [4.69, 9.17) is 24.6 Å². The molecule has 0 spiro atoms. The van der Waals surface area contributed by atoms with Crippen LogP contribution < -0.4 is 19.7 Å². The summed E-state index contributed by atoms with van der Waals surface area (Å²) in [6, 6.07) is 34.2. The number of amidine groups is 2. The van der Waals surface area contributed by atoms with E-state index in [2.05, 4.69) is 47.5 Å². The number of ether oxygens (including phenoxy) is 2. The molecule has 5 aromatic rings. The second-order valence-corrected chi connectivity index (χ2v) is 9.83. The molecule has 0 saturated heterocycles. The van der Waals surface area contributed by atoms with Crippen LogP contribution in [-0.2, 0) is 0 Å². The van der Waals surface area contributed by atoms with Crippen molar-refractivity contribution in [3.8, 4) is 17.2 Å². The van der Waals surface area contributed by atoms with Crippen molar-refractivity contribution >= 4 is 34.6 Å². The lowest BCUT2D eigenvalue weighted by molar-refractivity contribution is 0.395. The van der Waals surface area contributed by atoms with Crippen molar-refractivity contribution in [1.29, 1.82) is 0 Å². The van der Waals surface area contributed by atoms with Crippen LogP contribution in [0.1, 0.15) is 22.9 Å². The highest BCUT2D eigenvalue weighted by Crippen LogP contribution is 2.48. The predicted molar refractivity (Wildman–Crippen MR) is 163 cm³/mol. The fraction of sp³-hybridized carbons (Fsp3) is 0.121. The number of methoxy groups -OCH3 is 2. The van der Waals surface area contributed by atoms with Crippen LogP contribution in [0.3, 0.4) is 0 Å². The Bertz CT molecular complexity index is 1810. The highest BCUT2D eigenvalue weighted by Gasteiger charge is 2.41. The van der Waals surface area contributed by atoms with E-state index in [0.29, 0.717) is 23.2 Å². The van der Waals surface area contributed by atoms with Crippen LogP contribution >= 0.6 is 0 Å². The van der Waals surface area contributed by atoms with E-state index in [1.54, 1.807) is 14.2 Å². The Balaban J connectivity index is 1.48. The molecule has 1 aromatic heterocycles. The minimum Gasteiger partial charge on any atom is -0.497 e. The van der Waals surface area contributed by atoms with E-state index in [1.165, 1.54) is 0 Å². The molecule has 4 aromatic carbocycles. The van der Waals surface area contributed by atoms with Gasteiger partial charge >= 0.3 is 0 Å². The van der Waals surface area contributed by atoms with Crippen molar-refractivity contribution < 1.29 is 9.47 Å². The van der Waals surface area contributed by atoms with Gasteiger partial charge in [-0.2, -0.15) is 5.10 Å². The van der Waals surface area contributed by atoms with Crippen LogP contribution in [0, 0.1) is 6.92 Å². The van der Waals surface area contributed by atoms with Gasteiger partial charge < -0.3 is 19.7 Å². The normalized spacial score (nSPS) is 15.2. The van der Waals surface area contributed by atoms with Gasteiger partial charge in [-0.15, -0.1) is 0 Å². The third-order valence-corrected chi connectivity index (χ3v) is 7.42. The van der Waals surface area contributed by atoms with Crippen LogP contribution in [0.15, 0.2) is 113 Å². The van der Waals surface area contributed by atoms with Gasteiger partial charge in [-0.25, -0.2) is 14.7 Å². The van der Waals surface area contributed by atoms with Crippen molar-refractivity contribution in [3.05, 3.63) is 120 Å². The summed E-state index contributed by atoms with van der Waals surface area (Å²) in [5.74, 6) is 3.43. The summed E-state index contributed by atoms with van der Waals surface area (Å²) in [4.78, 5) is 12.6. The first-order chi connectivity index (χ1) is 20.2. The number of aliphatic imine (C=N–C) groups is 2. The zero-order valence-electron chi connectivity index (χ0n) is 22.9. The molecule has 8 heteroatoms. The minimum atomic E-state index is -0.178. The van der Waals surface area contributed by atoms with E-state index < -0.39 is 0 Å². The molecule has 0 bridgehead atoms. The van der Waals surface area contributed by atoms with Crippen molar-refractivity contribution in [2.45, 2.75) is 13.0 Å². The second-order valence-electron chi connectivity index (χ2n) is 9.83. The SMILES string of the molecule is COc1ccc(NC2=Nc3ccccc3N3C2=Nc2c(c(C)nn2-c2ccccc2)[C@@H]3c2ccccc2)c(OC)c1. The molecule has 0 fully saturated rings. The second kappa shape index (κ2) is 9.98. The maximum absolute atomic E-state index is 5.70. The van der Waals surface area contributed by atoms with Gasteiger partial charge in [0.2, 0.25) is 0 Å². The number of hydrogen-bond donors (Lipinski definition) is 1. The number of nitrogens with one attached hydrogen (secondary N) is 1. The standard InChI is InChI=1S/C33H28N6O2/c1-21-29-30(22-12-6-4-7-13-22)38-27-17-11-10-16-25(27)34-31(35-26-19-18-24(40-2)20-28(26)41-3)33(38)36-32(29)39(37-21)23-14-8-5-9-15-23/h4-20,30H,1-3H3,(H,34,35)/t30-/m0/s1. The quantitative estimate of drug-likeness (QED) is 0.260. The van der Waals surface area contributed by atoms with E-state index in [9.17, 15) is 0 Å². The molecule has 8 nitrogen and oxygen atoms in total. The third kappa shape index (κ3) is 4.12. The first-order valence-corrected chi connectivity index (χ1v) is 13.4. The zero-order valence-corrected chi connectivity index (χ0v) is 22.9. The topological polar surface area (TPSA) is 76.3 Å². The molecule has 3 heterocycles. The molecule has 0 radical (unpaired) electrons. The van der Waals surface area contributed by atoms with Crippen molar-refractivity contribution in [2.75, 3.05) is 24.4 Å². The van der Waals surface area contributed by atoms with E-state index in [-0.39, 0.29) is 6.04 Å². The monoisotopic (exact) mass is 540 g/mol. The van der Waals surface area contributed by atoms with Gasteiger partial charge in [-0.3, -0.25) is 0 Å². The minimum absolute atomic E-state index is 0.178. The summed E-state index contributed by atoms with van der Waals surface area (Å²) in [6.45, 7) is 2.06. The van der Waals surface area contributed by atoms with Crippen LogP contribution in [0.5, 0.6) is 11.5 Å². The first kappa shape index (κ1) is 24.7. The lowest BCUT2D eigenvalue weighted by atomic mass is 9.93. The summed E-state index contributed by atoms with van der Waals surface area (Å²) in [5.41, 5.74) is 6.64. The van der Waals surface area contributed by atoms with Gasteiger partial charge in [0.1, 0.15) is 11.5 Å². The van der Waals surface area contributed by atoms with Crippen LogP contribution in [0.4, 0.5) is 22.9 Å². The number of rotatable bonds is 5. The number of fused-ring (bicyclic) bond motifs is 4. The molecular weight excluding hydrogens is 512 g/mol. The fourth-order valence-corrected chi connectivity index (χ4v) is 5.53. The third-order valence-electron chi connectivity index (χ3n) is 7.42. The van der Waals surface area contributed by atoms with E-state index in [0.717, 1.165) is 45.4 Å². The largest absolute Gasteiger partial charge is 0.497 e. The Morgan fingerprint density at radius 2 is 1.51 bits per heavy atom. The molecule has 1 N–H and O–H groups in total. The summed E-state index contributed by atoms with van der Waals surface area (Å²) in [6.07, 6.45) is 0. The highest BCUT2D eigenvalue weighted by molar-refractivity contribution is 6.51. The maximum atomic E-state index is 5.70. The molecule has 0 amide bonds. The summed E-state index contributed by atoms with van der Waals surface area (Å²) < 4.78 is 13.0. The number of hydrogen-bond acceptors (Lipinski definition) is 7. The number of aromatic nitrogens is 2. The van der Waals surface area contributed by atoms with E-state index >= 15 is 0 Å². The van der Waals surface area contributed by atoms with Crippen molar-refractivity contribution in [3.63, 3.8) is 0 Å². The Kier molecular flexibility index (Phi) is 6.00. The zero-order chi connectivity index (χ0) is 27.9. The molecule has 2 aliphatic rings. The predicted octanol–water partition coefficient (Wildman–Crippen LogP) is 6.99. The van der Waals surface area contributed by atoms with Gasteiger partial charge in [-0.1, -0.05) is 60.7 Å². The summed E-state index contributed by atoms with van der Waals surface area (Å²) >= 11 is 0. The Labute approximate surface area is 238 Å². The summed E-state index contributed by atoms with van der Waals surface area (Å²) in [5, 5.41) is 8.52. The molecule has 202 valence electrons. The molecule has 1 atom stereocenters. The van der Waals surface area contributed by atoms with Crippen LogP contribution in [-0.4, -0.2) is 35.7 Å². The first-order valence-electron chi connectivity index (χ1n) is 13.4. The maximum Gasteiger partial charge on any atom is 0.179 e. The average Bonchev–Trinajstić information content (AvgIpc) is 3.36. The van der Waals surface area contributed by atoms with E-state index in [1.807, 2.05) is 77.5 Å². The Hall–Kier alpha value is -5.37. The molecule has 7 rings (SSSR count). The number of nitrogens with zero attached hydrogens (tertiary/aromatic N) is 5. The van der Waals surface area contributed by atoms with Crippen LogP contribution in [0.2, 0.25) is 0 Å². The lowest BCUT2D eigenvalue weighted by Crippen LogP contribution is -2.46. The van der Waals surface area contributed by atoms with Gasteiger partial charge in [0, 0.05) is 11.6 Å². The number of benzene rings is 4. The van der Waals surface area contributed by atoms with Crippen molar-refractivity contribution in [1.82, 2.24) is 9.78 Å². The van der Waals surface area contributed by atoms with Gasteiger partial charge in [0.15, 0.2) is 17.5 Å². The molecule has 41 heavy (non-hydrogen) atoms. The van der Waals surface area contributed by atoms with Gasteiger partial charge in [0.05, 0.1) is 48.7 Å². The molecule has 2 aliphatic heterocycles. The summed E-state index contributed by atoms with van der Waals surface area (Å²) in [7, 11) is 3.28. The van der Waals surface area contributed by atoms with Gasteiger partial charge in [-0.05, 0) is 48.9 Å². The molecular formula is C33H28N6O2. The smallest absolute Gasteiger partial charge is 0.179 e. The molecule has 0 unspecified atom stereocenters. The van der Waals surface area contributed by atoms with Crippen LogP contribution in [0.25, 0.3) is 5.69 Å². The number of para-hydroxylation sites is 3. The average molecular weight is 541 g/mol. The molecule has 0 saturated carbocycles. The fourth-order valence-electron chi connectivity index (χ4n) is 5.53. The van der Waals surface area contributed by atoms with Gasteiger partial charge in [0.25, 0.3) is 0 Å². The van der Waals surface area contributed by atoms with Crippen molar-refractivity contribution in [2.24, 2.45) is 9.98 Å². The highest BCUT2D eigenvalue weighted by atomic mass is 16.5. The Morgan fingerprint density at radius 1 is 0.780 bits per heavy atom. The lowest BCUT2D eigenvalue weighted by Gasteiger charge is -2.40.